The van der Waals surface area contributed by atoms with Crippen LogP contribution in [-0.2, 0) is 11.3 Å². The van der Waals surface area contributed by atoms with Crippen LogP contribution in [0.25, 0.3) is 5.69 Å². The van der Waals surface area contributed by atoms with Crippen LogP contribution >= 0.6 is 0 Å². The van der Waals surface area contributed by atoms with Crippen LogP contribution in [0.3, 0.4) is 0 Å². The summed E-state index contributed by atoms with van der Waals surface area (Å²) < 4.78 is 41.7. The van der Waals surface area contributed by atoms with Gasteiger partial charge < -0.3 is 14.4 Å². The Labute approximate surface area is 200 Å². The number of benzene rings is 2. The number of aromatic nitrogens is 4. The van der Waals surface area contributed by atoms with Crippen LogP contribution in [0.15, 0.2) is 71.9 Å². The molecule has 10 heteroatoms. The van der Waals surface area contributed by atoms with E-state index in [1.54, 1.807) is 36.5 Å². The highest BCUT2D eigenvalue weighted by Gasteiger charge is 2.20. The van der Waals surface area contributed by atoms with Gasteiger partial charge in [-0.3, -0.25) is 4.57 Å². The Morgan fingerprint density at radius 1 is 1.09 bits per heavy atom. The average Bonchev–Trinajstić information content (AvgIpc) is 3.22. The molecule has 0 amide bonds. The third-order valence-corrected chi connectivity index (χ3v) is 5.82. The van der Waals surface area contributed by atoms with Crippen molar-refractivity contribution >= 4 is 5.82 Å². The number of pyridine rings is 1. The maximum Gasteiger partial charge on any atom is 0.350 e. The number of rotatable bonds is 6. The van der Waals surface area contributed by atoms with E-state index in [-0.39, 0.29) is 18.2 Å². The summed E-state index contributed by atoms with van der Waals surface area (Å²) in [5, 5.41) is 4.08. The van der Waals surface area contributed by atoms with Crippen molar-refractivity contribution in [3.05, 3.63) is 94.8 Å². The van der Waals surface area contributed by atoms with Gasteiger partial charge in [0.2, 0.25) is 0 Å². The van der Waals surface area contributed by atoms with Gasteiger partial charge in [0.25, 0.3) is 0 Å². The summed E-state index contributed by atoms with van der Waals surface area (Å²) in [6.07, 6.45) is 2.95. The highest BCUT2D eigenvalue weighted by atomic mass is 19.1. The lowest BCUT2D eigenvalue weighted by molar-refractivity contribution is 0.0985. The van der Waals surface area contributed by atoms with Gasteiger partial charge in [0.05, 0.1) is 31.5 Å². The molecule has 0 bridgehead atoms. The van der Waals surface area contributed by atoms with Crippen molar-refractivity contribution in [3.63, 3.8) is 0 Å². The number of anilines is 1. The maximum atomic E-state index is 14.0. The second-order valence-electron chi connectivity index (χ2n) is 8.22. The van der Waals surface area contributed by atoms with Gasteiger partial charge in [-0.25, -0.2) is 18.6 Å². The van der Waals surface area contributed by atoms with Gasteiger partial charge in [-0.05, 0) is 49.4 Å². The second-order valence-corrected chi connectivity index (χ2v) is 8.22. The van der Waals surface area contributed by atoms with Gasteiger partial charge in [-0.2, -0.15) is 9.78 Å². The van der Waals surface area contributed by atoms with Gasteiger partial charge >= 0.3 is 5.69 Å². The van der Waals surface area contributed by atoms with E-state index in [0.29, 0.717) is 30.4 Å². The lowest BCUT2D eigenvalue weighted by atomic mass is 10.2. The zero-order chi connectivity index (χ0) is 24.4. The zero-order valence-corrected chi connectivity index (χ0v) is 19.0. The van der Waals surface area contributed by atoms with Gasteiger partial charge in [0.15, 0.2) is 0 Å². The van der Waals surface area contributed by atoms with Crippen molar-refractivity contribution in [1.29, 1.82) is 0 Å². The number of morpholine rings is 1. The zero-order valence-electron chi connectivity index (χ0n) is 19.0. The third kappa shape index (κ3) is 4.78. The molecule has 0 unspecified atom stereocenters. The van der Waals surface area contributed by atoms with E-state index in [0.717, 1.165) is 33.7 Å². The van der Waals surface area contributed by atoms with Gasteiger partial charge in [0, 0.05) is 24.4 Å². The van der Waals surface area contributed by atoms with E-state index in [1.165, 1.54) is 12.4 Å². The van der Waals surface area contributed by atoms with E-state index in [2.05, 4.69) is 21.9 Å². The molecule has 2 aromatic carbocycles. The van der Waals surface area contributed by atoms with Crippen molar-refractivity contribution in [3.8, 4) is 17.2 Å². The van der Waals surface area contributed by atoms with E-state index >= 15 is 0 Å². The van der Waals surface area contributed by atoms with Crippen LogP contribution in [0, 0.1) is 11.6 Å². The predicted molar refractivity (Wildman–Crippen MR) is 125 cm³/mol. The van der Waals surface area contributed by atoms with E-state index in [1.807, 2.05) is 6.07 Å². The summed E-state index contributed by atoms with van der Waals surface area (Å²) in [6, 6.07) is 14.3. The van der Waals surface area contributed by atoms with Crippen LogP contribution in [0.2, 0.25) is 0 Å². The molecule has 3 heterocycles. The lowest BCUT2D eigenvalue weighted by Crippen LogP contribution is -2.44. The van der Waals surface area contributed by atoms with Gasteiger partial charge in [0.1, 0.15) is 35.3 Å². The molecule has 0 N–H and O–H groups in total. The van der Waals surface area contributed by atoms with Crippen molar-refractivity contribution in [2.75, 3.05) is 24.7 Å². The van der Waals surface area contributed by atoms with Crippen molar-refractivity contribution in [2.45, 2.75) is 19.5 Å². The molecule has 0 spiro atoms. The molecular weight excluding hydrogens is 456 g/mol. The number of nitrogens with zero attached hydrogens (tertiary/aromatic N) is 5. The topological polar surface area (TPSA) is 74.4 Å². The molecule has 180 valence electrons. The van der Waals surface area contributed by atoms with Crippen molar-refractivity contribution < 1.29 is 18.3 Å². The number of hydrogen-bond acceptors (Lipinski definition) is 6. The van der Waals surface area contributed by atoms with Crippen LogP contribution in [0.4, 0.5) is 14.6 Å². The SMILES string of the molecule is C[C@H]1COCCN1c1cc(Oc2ccc(-n3ncn(Cc4c(F)cccc4F)c3=O)cc2)ccn1. The molecule has 1 aliphatic heterocycles. The minimum atomic E-state index is -0.714. The maximum absolute atomic E-state index is 14.0. The molecular formula is C25H23F2N5O3. The van der Waals surface area contributed by atoms with E-state index in [4.69, 9.17) is 9.47 Å². The Morgan fingerprint density at radius 2 is 1.86 bits per heavy atom. The molecule has 2 aromatic heterocycles. The van der Waals surface area contributed by atoms with Crippen molar-refractivity contribution in [2.24, 2.45) is 0 Å². The van der Waals surface area contributed by atoms with Gasteiger partial charge in [-0.1, -0.05) is 6.07 Å². The smallest absolute Gasteiger partial charge is 0.350 e. The standard InChI is InChI=1S/C25H23F2N5O3/c1-17-15-34-12-11-31(17)24-13-20(9-10-28-24)35-19-7-5-18(6-8-19)32-25(33)30(16-29-32)14-21-22(26)3-2-4-23(21)27/h2-10,13,16-17H,11-12,14-15H2,1H3/t17-/m0/s1. The van der Waals surface area contributed by atoms with Gasteiger partial charge in [-0.15, -0.1) is 0 Å². The predicted octanol–water partition coefficient (Wildman–Crippen LogP) is 3.77. The first-order valence-electron chi connectivity index (χ1n) is 11.2. The summed E-state index contributed by atoms with van der Waals surface area (Å²) >= 11 is 0. The van der Waals surface area contributed by atoms with Crippen LogP contribution in [0.1, 0.15) is 12.5 Å². The molecule has 1 fully saturated rings. The highest BCUT2D eigenvalue weighted by molar-refractivity contribution is 5.46. The summed E-state index contributed by atoms with van der Waals surface area (Å²) in [4.78, 5) is 19.4. The Kier molecular flexibility index (Phi) is 6.28. The summed E-state index contributed by atoms with van der Waals surface area (Å²) in [5.41, 5.74) is -0.214. The molecule has 4 aromatic rings. The monoisotopic (exact) mass is 479 g/mol. The quantitative estimate of drug-likeness (QED) is 0.419. The van der Waals surface area contributed by atoms with Crippen LogP contribution < -0.4 is 15.3 Å². The molecule has 0 aliphatic carbocycles. The molecule has 35 heavy (non-hydrogen) atoms. The molecule has 1 saturated heterocycles. The summed E-state index contributed by atoms with van der Waals surface area (Å²) in [5.74, 6) is 0.594. The Hall–Kier alpha value is -4.05. The fraction of sp³-hybridized carbons (Fsp3) is 0.240. The summed E-state index contributed by atoms with van der Waals surface area (Å²) in [6.45, 7) is 3.90. The second kappa shape index (κ2) is 9.67. The lowest BCUT2D eigenvalue weighted by Gasteiger charge is -2.34. The molecule has 1 atom stereocenters. The highest BCUT2D eigenvalue weighted by Crippen LogP contribution is 2.26. The van der Waals surface area contributed by atoms with Crippen molar-refractivity contribution in [1.82, 2.24) is 19.3 Å². The normalized spacial score (nSPS) is 15.9. The molecule has 0 saturated carbocycles. The average molecular weight is 479 g/mol. The van der Waals surface area contributed by atoms with Crippen LogP contribution in [0.5, 0.6) is 11.5 Å². The minimum absolute atomic E-state index is 0.193. The Morgan fingerprint density at radius 3 is 2.60 bits per heavy atom. The van der Waals surface area contributed by atoms with Crippen LogP contribution in [-0.4, -0.2) is 45.1 Å². The molecule has 5 rings (SSSR count). The number of halogens is 2. The molecule has 0 radical (unpaired) electrons. The molecule has 1 aliphatic rings. The Balaban J connectivity index is 1.31. The fourth-order valence-corrected chi connectivity index (χ4v) is 3.95. The Bertz CT molecular complexity index is 1370. The third-order valence-electron chi connectivity index (χ3n) is 5.82. The van der Waals surface area contributed by atoms with E-state index in [9.17, 15) is 13.6 Å². The minimum Gasteiger partial charge on any atom is -0.457 e. The first kappa shape index (κ1) is 22.7. The molecule has 8 nitrogen and oxygen atoms in total. The number of ether oxygens (including phenoxy) is 2. The number of hydrogen-bond donors (Lipinski definition) is 0. The fourth-order valence-electron chi connectivity index (χ4n) is 3.95. The van der Waals surface area contributed by atoms with E-state index < -0.39 is 17.3 Å². The first-order chi connectivity index (χ1) is 17.0. The largest absolute Gasteiger partial charge is 0.457 e. The summed E-state index contributed by atoms with van der Waals surface area (Å²) in [7, 11) is 0. The first-order valence-corrected chi connectivity index (χ1v) is 11.2.